The van der Waals surface area contributed by atoms with Crippen molar-refractivity contribution in [1.82, 2.24) is 9.78 Å². The first kappa shape index (κ1) is 20.3. The van der Waals surface area contributed by atoms with E-state index in [2.05, 4.69) is 15.7 Å². The number of anilines is 2. The van der Waals surface area contributed by atoms with E-state index in [1.54, 1.807) is 23.7 Å². The number of nitro groups is 1. The number of rotatable bonds is 6. The first-order chi connectivity index (χ1) is 14.9. The molecule has 1 atom stereocenters. The van der Waals surface area contributed by atoms with Crippen LogP contribution in [-0.4, -0.2) is 26.5 Å². The van der Waals surface area contributed by atoms with Crippen molar-refractivity contribution in [3.8, 4) is 11.1 Å². The molecule has 0 fully saturated rings. The van der Waals surface area contributed by atoms with Crippen LogP contribution in [-0.2, 0) is 16.0 Å². The van der Waals surface area contributed by atoms with E-state index in [0.717, 1.165) is 16.8 Å². The third-order valence-electron chi connectivity index (χ3n) is 5.29. The third-order valence-corrected chi connectivity index (χ3v) is 5.29. The second-order valence-electron chi connectivity index (χ2n) is 7.35. The Morgan fingerprint density at radius 1 is 1.26 bits per heavy atom. The van der Waals surface area contributed by atoms with E-state index in [1.165, 1.54) is 6.07 Å². The summed E-state index contributed by atoms with van der Waals surface area (Å²) >= 11 is 0. The van der Waals surface area contributed by atoms with E-state index < -0.39 is 16.9 Å². The molecule has 1 aliphatic rings. The van der Waals surface area contributed by atoms with Gasteiger partial charge in [0.25, 0.3) is 11.6 Å². The summed E-state index contributed by atoms with van der Waals surface area (Å²) in [5.41, 5.74) is 3.36. The zero-order valence-electron chi connectivity index (χ0n) is 17.1. The van der Waals surface area contributed by atoms with E-state index in [9.17, 15) is 19.7 Å². The van der Waals surface area contributed by atoms with Crippen LogP contribution in [0, 0.1) is 17.0 Å². The summed E-state index contributed by atoms with van der Waals surface area (Å²) in [4.78, 5) is 35.9. The minimum Gasteiger partial charge on any atom is -0.326 e. The SMILES string of the molecule is CCc1nn2c(c1-c1ccccc1)NC(=O)C2CC(=O)Nc1ccc(C)c([N+](=O)[O-])c1. The van der Waals surface area contributed by atoms with Crippen molar-refractivity contribution in [2.75, 3.05) is 10.6 Å². The van der Waals surface area contributed by atoms with E-state index in [-0.39, 0.29) is 18.0 Å². The molecule has 4 rings (SSSR count). The van der Waals surface area contributed by atoms with Crippen molar-refractivity contribution in [1.29, 1.82) is 0 Å². The molecule has 31 heavy (non-hydrogen) atoms. The lowest BCUT2D eigenvalue weighted by atomic mass is 10.0. The van der Waals surface area contributed by atoms with Crippen LogP contribution in [0.3, 0.4) is 0 Å². The van der Waals surface area contributed by atoms with Crippen molar-refractivity contribution >= 4 is 29.0 Å². The first-order valence-electron chi connectivity index (χ1n) is 9.91. The summed E-state index contributed by atoms with van der Waals surface area (Å²) in [6.45, 7) is 3.61. The van der Waals surface area contributed by atoms with Gasteiger partial charge in [-0.3, -0.25) is 19.7 Å². The normalized spacial score (nSPS) is 14.8. The van der Waals surface area contributed by atoms with Crippen LogP contribution in [0.2, 0.25) is 0 Å². The first-order valence-corrected chi connectivity index (χ1v) is 9.91. The van der Waals surface area contributed by atoms with Crippen molar-refractivity contribution in [2.45, 2.75) is 32.7 Å². The number of hydrogen-bond acceptors (Lipinski definition) is 5. The molecule has 0 spiro atoms. The van der Waals surface area contributed by atoms with Gasteiger partial charge in [-0.1, -0.05) is 43.3 Å². The zero-order chi connectivity index (χ0) is 22.1. The van der Waals surface area contributed by atoms with Crippen molar-refractivity contribution in [3.05, 3.63) is 69.9 Å². The summed E-state index contributed by atoms with van der Waals surface area (Å²) in [6.07, 6.45) is 0.533. The second-order valence-corrected chi connectivity index (χ2v) is 7.35. The Morgan fingerprint density at radius 3 is 2.68 bits per heavy atom. The Bertz CT molecular complexity index is 1190. The fourth-order valence-corrected chi connectivity index (χ4v) is 3.74. The quantitative estimate of drug-likeness (QED) is 0.465. The van der Waals surface area contributed by atoms with Gasteiger partial charge >= 0.3 is 0 Å². The molecule has 0 aliphatic carbocycles. The maximum atomic E-state index is 12.6. The number of hydrogen-bond donors (Lipinski definition) is 2. The lowest BCUT2D eigenvalue weighted by molar-refractivity contribution is -0.385. The smallest absolute Gasteiger partial charge is 0.274 e. The number of carbonyl (C=O) groups excluding carboxylic acids is 2. The molecule has 0 radical (unpaired) electrons. The molecular weight excluding hydrogens is 398 g/mol. The number of nitro benzene ring substituents is 1. The minimum absolute atomic E-state index is 0.0779. The van der Waals surface area contributed by atoms with Crippen LogP contribution in [0.15, 0.2) is 48.5 Å². The Balaban J connectivity index is 1.58. The summed E-state index contributed by atoms with van der Waals surface area (Å²) in [6, 6.07) is 13.3. The largest absolute Gasteiger partial charge is 0.326 e. The molecule has 9 nitrogen and oxygen atoms in total. The number of aromatic nitrogens is 2. The van der Waals surface area contributed by atoms with Crippen LogP contribution in [0.4, 0.5) is 17.2 Å². The maximum absolute atomic E-state index is 12.6. The Morgan fingerprint density at radius 2 is 2.00 bits per heavy atom. The van der Waals surface area contributed by atoms with Crippen LogP contribution >= 0.6 is 0 Å². The summed E-state index contributed by atoms with van der Waals surface area (Å²) in [5.74, 6) is -0.162. The molecule has 9 heteroatoms. The van der Waals surface area contributed by atoms with Crippen molar-refractivity contribution in [2.24, 2.45) is 0 Å². The highest BCUT2D eigenvalue weighted by Crippen LogP contribution is 2.38. The Labute approximate surface area is 178 Å². The van der Waals surface area contributed by atoms with Crippen LogP contribution in [0.5, 0.6) is 0 Å². The number of amides is 2. The predicted octanol–water partition coefficient (Wildman–Crippen LogP) is 3.85. The highest BCUT2D eigenvalue weighted by Gasteiger charge is 2.36. The predicted molar refractivity (Wildman–Crippen MR) is 116 cm³/mol. The number of aryl methyl sites for hydroxylation is 2. The average Bonchev–Trinajstić information content (AvgIpc) is 3.25. The fourth-order valence-electron chi connectivity index (χ4n) is 3.74. The van der Waals surface area contributed by atoms with Crippen LogP contribution in [0.1, 0.15) is 30.6 Å². The van der Waals surface area contributed by atoms with Crippen LogP contribution < -0.4 is 10.6 Å². The molecule has 0 saturated carbocycles. The Hall–Kier alpha value is -4.01. The van der Waals surface area contributed by atoms with Gasteiger partial charge in [0.1, 0.15) is 11.9 Å². The monoisotopic (exact) mass is 419 g/mol. The molecule has 158 valence electrons. The van der Waals surface area contributed by atoms with Crippen molar-refractivity contribution < 1.29 is 14.5 Å². The van der Waals surface area contributed by atoms with Gasteiger partial charge in [0.2, 0.25) is 5.91 Å². The topological polar surface area (TPSA) is 119 Å². The average molecular weight is 419 g/mol. The molecular formula is C22H21N5O4. The van der Waals surface area contributed by atoms with Gasteiger partial charge in [-0.05, 0) is 25.0 Å². The number of fused-ring (bicyclic) bond motifs is 1. The maximum Gasteiger partial charge on any atom is 0.274 e. The van der Waals surface area contributed by atoms with Gasteiger partial charge in [-0.2, -0.15) is 5.10 Å². The molecule has 1 aromatic heterocycles. The van der Waals surface area contributed by atoms with E-state index in [0.29, 0.717) is 23.5 Å². The highest BCUT2D eigenvalue weighted by atomic mass is 16.6. The number of nitrogens with one attached hydrogen (secondary N) is 2. The summed E-state index contributed by atoms with van der Waals surface area (Å²) < 4.78 is 1.57. The summed E-state index contributed by atoms with van der Waals surface area (Å²) in [5, 5.41) is 21.2. The van der Waals surface area contributed by atoms with E-state index in [4.69, 9.17) is 0 Å². The van der Waals surface area contributed by atoms with Crippen LogP contribution in [0.25, 0.3) is 11.1 Å². The Kier molecular flexibility index (Phi) is 5.24. The number of carbonyl (C=O) groups is 2. The third kappa shape index (κ3) is 3.77. The molecule has 2 N–H and O–H groups in total. The lowest BCUT2D eigenvalue weighted by Gasteiger charge is -2.10. The van der Waals surface area contributed by atoms with Crippen molar-refractivity contribution in [3.63, 3.8) is 0 Å². The fraction of sp³-hybridized carbons (Fsp3) is 0.227. The van der Waals surface area contributed by atoms with Gasteiger partial charge in [0, 0.05) is 22.9 Å². The minimum atomic E-state index is -0.793. The second kappa shape index (κ2) is 8.02. The molecule has 0 bridgehead atoms. The molecule has 2 amide bonds. The van der Waals surface area contributed by atoms with Gasteiger partial charge < -0.3 is 10.6 Å². The van der Waals surface area contributed by atoms with E-state index >= 15 is 0 Å². The molecule has 1 unspecified atom stereocenters. The van der Waals surface area contributed by atoms with Gasteiger partial charge in [0.15, 0.2) is 0 Å². The lowest BCUT2D eigenvalue weighted by Crippen LogP contribution is -2.24. The highest BCUT2D eigenvalue weighted by molar-refractivity contribution is 6.04. The standard InChI is InChI=1S/C22H21N5O4/c1-3-16-20(14-7-5-4-6-8-14)21-24-22(29)18(26(21)25-16)12-19(28)23-15-10-9-13(2)17(11-15)27(30)31/h4-11,18H,3,12H2,1-2H3,(H,23,28)(H,24,29). The van der Waals surface area contributed by atoms with E-state index in [1.807, 2.05) is 37.3 Å². The molecule has 2 aromatic carbocycles. The molecule has 3 aromatic rings. The van der Waals surface area contributed by atoms with Gasteiger partial charge in [0.05, 0.1) is 17.0 Å². The molecule has 2 heterocycles. The van der Waals surface area contributed by atoms with Gasteiger partial charge in [-0.25, -0.2) is 4.68 Å². The summed E-state index contributed by atoms with van der Waals surface area (Å²) in [7, 11) is 0. The molecule has 0 saturated heterocycles. The molecule has 1 aliphatic heterocycles. The zero-order valence-corrected chi connectivity index (χ0v) is 17.1. The number of nitrogens with zero attached hydrogens (tertiary/aromatic N) is 3. The van der Waals surface area contributed by atoms with Gasteiger partial charge in [-0.15, -0.1) is 0 Å². The number of benzene rings is 2.